The van der Waals surface area contributed by atoms with E-state index in [2.05, 4.69) is 19.2 Å². The molecule has 2 atom stereocenters. The molecule has 34 heavy (non-hydrogen) atoms. The standard InChI is InChI=1S/C23H32F3N3O4S/c1-16(2)13-20-21(30)29(15-18-6-4-12-33-18)22(27-20)8-10-28(11-9-22)34(31,32)19-7-3-5-17(14-19)23(24,25)26/h3,5,7,14,16,18,20,27H,4,6,8-13,15H2,1-2H3/t18-,20+/m0/s1. The van der Waals surface area contributed by atoms with Crippen LogP contribution < -0.4 is 5.32 Å². The molecule has 0 radical (unpaired) electrons. The van der Waals surface area contributed by atoms with E-state index < -0.39 is 27.4 Å². The predicted molar refractivity (Wildman–Crippen MR) is 119 cm³/mol. The van der Waals surface area contributed by atoms with Gasteiger partial charge < -0.3 is 9.64 Å². The van der Waals surface area contributed by atoms with Gasteiger partial charge in [0.25, 0.3) is 0 Å². The first-order chi connectivity index (χ1) is 15.9. The van der Waals surface area contributed by atoms with Gasteiger partial charge >= 0.3 is 6.18 Å². The van der Waals surface area contributed by atoms with E-state index in [1.807, 2.05) is 4.90 Å². The van der Waals surface area contributed by atoms with Crippen molar-refractivity contribution in [3.05, 3.63) is 29.8 Å². The smallest absolute Gasteiger partial charge is 0.376 e. The van der Waals surface area contributed by atoms with Gasteiger partial charge in [-0.05, 0) is 56.2 Å². The minimum atomic E-state index is -4.63. The molecule has 1 aromatic carbocycles. The van der Waals surface area contributed by atoms with E-state index in [4.69, 9.17) is 4.74 Å². The van der Waals surface area contributed by atoms with Crippen molar-refractivity contribution in [2.45, 2.75) is 74.8 Å². The molecule has 0 bridgehead atoms. The number of benzene rings is 1. The van der Waals surface area contributed by atoms with Gasteiger partial charge in [-0.25, -0.2) is 8.42 Å². The van der Waals surface area contributed by atoms with Crippen LogP contribution in [0.5, 0.6) is 0 Å². The maximum Gasteiger partial charge on any atom is 0.416 e. The van der Waals surface area contributed by atoms with Crippen molar-refractivity contribution in [3.63, 3.8) is 0 Å². The number of carbonyl (C=O) groups excluding carboxylic acids is 1. The number of rotatable bonds is 6. The van der Waals surface area contributed by atoms with Gasteiger partial charge in [0, 0.05) is 26.2 Å². The molecule has 0 aliphatic carbocycles. The number of hydrogen-bond donors (Lipinski definition) is 1. The Bertz CT molecular complexity index is 1000. The normalized spacial score (nSPS) is 26.2. The number of ether oxygens (including phenoxy) is 1. The Labute approximate surface area is 198 Å². The van der Waals surface area contributed by atoms with Gasteiger partial charge in [0.1, 0.15) is 0 Å². The van der Waals surface area contributed by atoms with E-state index in [1.54, 1.807) is 0 Å². The zero-order valence-electron chi connectivity index (χ0n) is 19.5. The lowest BCUT2D eigenvalue weighted by Gasteiger charge is -2.44. The van der Waals surface area contributed by atoms with Crippen molar-refractivity contribution in [2.24, 2.45) is 5.92 Å². The lowest BCUT2D eigenvalue weighted by atomic mass is 9.96. The highest BCUT2D eigenvalue weighted by molar-refractivity contribution is 7.89. The summed E-state index contributed by atoms with van der Waals surface area (Å²) in [6, 6.07) is 3.50. The first-order valence-corrected chi connectivity index (χ1v) is 13.2. The average Bonchev–Trinajstić information content (AvgIpc) is 3.37. The lowest BCUT2D eigenvalue weighted by Crippen LogP contribution is -2.60. The van der Waals surface area contributed by atoms with Crippen molar-refractivity contribution in [2.75, 3.05) is 26.2 Å². The Balaban J connectivity index is 1.53. The quantitative estimate of drug-likeness (QED) is 0.645. The van der Waals surface area contributed by atoms with Crippen LogP contribution in [0.2, 0.25) is 0 Å². The van der Waals surface area contributed by atoms with E-state index >= 15 is 0 Å². The Morgan fingerprint density at radius 1 is 1.24 bits per heavy atom. The molecule has 3 aliphatic rings. The summed E-state index contributed by atoms with van der Waals surface area (Å²) in [7, 11) is -4.10. The summed E-state index contributed by atoms with van der Waals surface area (Å²) in [5, 5.41) is 3.50. The fourth-order valence-corrected chi connectivity index (χ4v) is 6.73. The third-order valence-corrected chi connectivity index (χ3v) is 8.88. The molecule has 1 spiro atoms. The average molecular weight is 504 g/mol. The highest BCUT2D eigenvalue weighted by atomic mass is 32.2. The van der Waals surface area contributed by atoms with Crippen LogP contribution in [0.25, 0.3) is 0 Å². The molecule has 3 saturated heterocycles. The molecule has 4 rings (SSSR count). The Kier molecular flexibility index (Phi) is 7.03. The molecule has 0 saturated carbocycles. The van der Waals surface area contributed by atoms with Crippen molar-refractivity contribution in [1.29, 1.82) is 0 Å². The van der Waals surface area contributed by atoms with Crippen LogP contribution in [-0.4, -0.2) is 67.6 Å². The summed E-state index contributed by atoms with van der Waals surface area (Å²) in [6.07, 6.45) is -1.44. The van der Waals surface area contributed by atoms with Gasteiger partial charge in [-0.2, -0.15) is 17.5 Å². The van der Waals surface area contributed by atoms with Gasteiger partial charge in [-0.15, -0.1) is 0 Å². The topological polar surface area (TPSA) is 79.0 Å². The number of hydrogen-bond acceptors (Lipinski definition) is 5. The van der Waals surface area contributed by atoms with Gasteiger partial charge in [-0.3, -0.25) is 10.1 Å². The largest absolute Gasteiger partial charge is 0.416 e. The number of nitrogens with one attached hydrogen (secondary N) is 1. The third-order valence-electron chi connectivity index (χ3n) is 6.99. The molecule has 1 aromatic rings. The maximum absolute atomic E-state index is 13.3. The van der Waals surface area contributed by atoms with E-state index in [9.17, 15) is 26.4 Å². The zero-order valence-corrected chi connectivity index (χ0v) is 20.3. The summed E-state index contributed by atoms with van der Waals surface area (Å²) in [4.78, 5) is 14.8. The first kappa shape index (κ1) is 25.4. The molecule has 3 fully saturated rings. The Hall–Kier alpha value is -1.69. The SMILES string of the molecule is CC(C)C[C@H]1NC2(CCN(S(=O)(=O)c3cccc(C(F)(F)F)c3)CC2)N(C[C@@H]2CCCO2)C1=O. The summed E-state index contributed by atoms with van der Waals surface area (Å²) >= 11 is 0. The molecule has 0 aromatic heterocycles. The van der Waals surface area contributed by atoms with Gasteiger partial charge in [0.15, 0.2) is 0 Å². The number of halogens is 3. The highest BCUT2D eigenvalue weighted by Gasteiger charge is 2.53. The lowest BCUT2D eigenvalue weighted by molar-refractivity contribution is -0.137. The van der Waals surface area contributed by atoms with E-state index in [-0.39, 0.29) is 36.0 Å². The summed E-state index contributed by atoms with van der Waals surface area (Å²) in [6.45, 7) is 5.44. The molecular weight excluding hydrogens is 471 g/mol. The van der Waals surface area contributed by atoms with Crippen LogP contribution in [0.3, 0.4) is 0 Å². The molecule has 1 N–H and O–H groups in total. The molecular formula is C23H32F3N3O4S. The number of piperidine rings is 1. The molecule has 3 heterocycles. The fraction of sp³-hybridized carbons (Fsp3) is 0.696. The number of nitrogens with zero attached hydrogens (tertiary/aromatic N) is 2. The summed E-state index contributed by atoms with van der Waals surface area (Å²) in [5.41, 5.74) is -1.67. The number of alkyl halides is 3. The third kappa shape index (κ3) is 4.98. The predicted octanol–water partition coefficient (Wildman–Crippen LogP) is 3.21. The van der Waals surface area contributed by atoms with Crippen molar-refractivity contribution in [3.8, 4) is 0 Å². The second kappa shape index (κ2) is 9.40. The van der Waals surface area contributed by atoms with E-state index in [1.165, 1.54) is 10.4 Å². The fourth-order valence-electron chi connectivity index (χ4n) is 5.24. The second-order valence-corrected chi connectivity index (χ2v) is 11.8. The minimum absolute atomic E-state index is 0.0124. The monoisotopic (exact) mass is 503 g/mol. The summed E-state index contributed by atoms with van der Waals surface area (Å²) < 4.78 is 72.6. The van der Waals surface area contributed by atoms with E-state index in [0.29, 0.717) is 44.4 Å². The van der Waals surface area contributed by atoms with Crippen LogP contribution in [0.1, 0.15) is 51.5 Å². The van der Waals surface area contributed by atoms with E-state index in [0.717, 1.165) is 25.0 Å². The van der Waals surface area contributed by atoms with Gasteiger partial charge in [0.05, 0.1) is 28.3 Å². The van der Waals surface area contributed by atoms with Crippen LogP contribution in [0, 0.1) is 5.92 Å². The second-order valence-electron chi connectivity index (χ2n) is 9.87. The van der Waals surface area contributed by atoms with Crippen LogP contribution in [0.15, 0.2) is 29.2 Å². The van der Waals surface area contributed by atoms with Crippen molar-refractivity contribution in [1.82, 2.24) is 14.5 Å². The number of sulfonamides is 1. The number of carbonyl (C=O) groups is 1. The van der Waals surface area contributed by atoms with Crippen LogP contribution >= 0.6 is 0 Å². The summed E-state index contributed by atoms with van der Waals surface area (Å²) in [5.74, 6) is 0.320. The van der Waals surface area contributed by atoms with Crippen molar-refractivity contribution < 1.29 is 31.1 Å². The Morgan fingerprint density at radius 2 is 1.94 bits per heavy atom. The van der Waals surface area contributed by atoms with Gasteiger partial charge in [0.2, 0.25) is 15.9 Å². The minimum Gasteiger partial charge on any atom is -0.376 e. The molecule has 3 aliphatic heterocycles. The van der Waals surface area contributed by atoms with Gasteiger partial charge in [-0.1, -0.05) is 19.9 Å². The molecule has 1 amide bonds. The molecule has 11 heteroatoms. The molecule has 190 valence electrons. The molecule has 7 nitrogen and oxygen atoms in total. The number of amides is 1. The Morgan fingerprint density at radius 3 is 2.53 bits per heavy atom. The maximum atomic E-state index is 13.3. The van der Waals surface area contributed by atoms with Crippen LogP contribution in [-0.2, 0) is 25.7 Å². The molecule has 0 unspecified atom stereocenters. The first-order valence-electron chi connectivity index (χ1n) is 11.8. The van der Waals surface area contributed by atoms with Crippen molar-refractivity contribution >= 4 is 15.9 Å². The zero-order chi connectivity index (χ0) is 24.7. The van der Waals surface area contributed by atoms with Crippen LogP contribution in [0.4, 0.5) is 13.2 Å². The highest BCUT2D eigenvalue weighted by Crippen LogP contribution is 2.37.